The van der Waals surface area contributed by atoms with E-state index in [0.717, 1.165) is 0 Å². The molecule has 0 aliphatic rings. The lowest BCUT2D eigenvalue weighted by atomic mass is 10.2. The molecule has 0 amide bonds. The summed E-state index contributed by atoms with van der Waals surface area (Å²) in [6.07, 6.45) is -0.0875. The minimum Gasteiger partial charge on any atom is -0.480 e. The fourth-order valence-electron chi connectivity index (χ4n) is 1.23. The fourth-order valence-corrected chi connectivity index (χ4v) is 1.99. The highest BCUT2D eigenvalue weighted by molar-refractivity contribution is 7.13. The molecule has 0 aromatic carbocycles. The number of methoxy groups -OCH3 is 2. The molecular weight excluding hydrogens is 258 g/mol. The second-order valence-electron chi connectivity index (χ2n) is 3.59. The number of anilines is 1. The number of hydrogen-bond acceptors (Lipinski definition) is 7. The van der Waals surface area contributed by atoms with Crippen molar-refractivity contribution in [1.82, 2.24) is 4.98 Å². The number of carboxylic acid groups (broad SMARTS) is 1. The minimum atomic E-state index is -1.10. The van der Waals surface area contributed by atoms with Crippen molar-refractivity contribution < 1.29 is 19.4 Å². The number of rotatable bonds is 8. The third kappa shape index (κ3) is 4.22. The normalized spacial score (nSPS) is 14.2. The molecule has 102 valence electrons. The topological polar surface area (TPSA) is 107 Å². The molecule has 0 aliphatic heterocycles. The van der Waals surface area contributed by atoms with E-state index < -0.39 is 12.0 Å². The van der Waals surface area contributed by atoms with E-state index in [-0.39, 0.29) is 6.10 Å². The second kappa shape index (κ2) is 7.27. The van der Waals surface area contributed by atoms with Crippen LogP contribution in [0.2, 0.25) is 0 Å². The average Bonchev–Trinajstić information content (AvgIpc) is 2.82. The van der Waals surface area contributed by atoms with Gasteiger partial charge in [0.1, 0.15) is 6.04 Å². The van der Waals surface area contributed by atoms with Crippen LogP contribution in [0.25, 0.3) is 0 Å². The van der Waals surface area contributed by atoms with Crippen LogP contribution in [0.5, 0.6) is 0 Å². The van der Waals surface area contributed by atoms with Gasteiger partial charge in [-0.3, -0.25) is 4.79 Å². The molecule has 1 rings (SSSR count). The first-order chi connectivity index (χ1) is 8.58. The predicted octanol–water partition coefficient (Wildman–Crippen LogP) is 0.301. The standard InChI is InChI=1S/C10H17N3O4S/c1-16-4-6(17-2)3-12-10-13-7(5-18-10)8(11)9(14)15/h5-6,8H,3-4,11H2,1-2H3,(H,12,13)(H,14,15). The molecule has 1 aromatic rings. The number of carbonyl (C=O) groups is 1. The van der Waals surface area contributed by atoms with E-state index in [1.54, 1.807) is 19.6 Å². The molecule has 2 unspecified atom stereocenters. The second-order valence-corrected chi connectivity index (χ2v) is 4.45. The van der Waals surface area contributed by atoms with Gasteiger partial charge in [-0.05, 0) is 0 Å². The number of nitrogens with zero attached hydrogens (tertiary/aromatic N) is 1. The monoisotopic (exact) mass is 275 g/mol. The van der Waals surface area contributed by atoms with Crippen LogP contribution in [0, 0.1) is 0 Å². The maximum absolute atomic E-state index is 10.7. The number of nitrogens with two attached hydrogens (primary N) is 1. The molecule has 0 saturated heterocycles. The highest BCUT2D eigenvalue weighted by Crippen LogP contribution is 2.19. The zero-order valence-electron chi connectivity index (χ0n) is 10.3. The number of aromatic nitrogens is 1. The summed E-state index contributed by atoms with van der Waals surface area (Å²) in [5.74, 6) is -1.10. The molecule has 0 spiro atoms. The average molecular weight is 275 g/mol. The van der Waals surface area contributed by atoms with E-state index in [2.05, 4.69) is 10.3 Å². The third-order valence-electron chi connectivity index (χ3n) is 2.27. The van der Waals surface area contributed by atoms with Gasteiger partial charge in [0.15, 0.2) is 5.13 Å². The SMILES string of the molecule is COCC(CNc1nc(C(N)C(=O)O)cs1)OC. The number of aliphatic carboxylic acids is 1. The summed E-state index contributed by atoms with van der Waals surface area (Å²) >= 11 is 1.30. The molecule has 4 N–H and O–H groups in total. The van der Waals surface area contributed by atoms with E-state index in [0.29, 0.717) is 24.0 Å². The third-order valence-corrected chi connectivity index (χ3v) is 3.09. The Labute approximate surface area is 109 Å². The number of nitrogens with one attached hydrogen (secondary N) is 1. The van der Waals surface area contributed by atoms with Crippen LogP contribution in [0.1, 0.15) is 11.7 Å². The zero-order valence-corrected chi connectivity index (χ0v) is 11.1. The summed E-state index contributed by atoms with van der Waals surface area (Å²) in [6, 6.07) is -1.09. The van der Waals surface area contributed by atoms with Gasteiger partial charge in [0, 0.05) is 26.1 Å². The largest absolute Gasteiger partial charge is 0.480 e. The molecule has 0 fully saturated rings. The van der Waals surface area contributed by atoms with E-state index in [1.807, 2.05) is 0 Å². The number of hydrogen-bond donors (Lipinski definition) is 3. The van der Waals surface area contributed by atoms with E-state index in [9.17, 15) is 4.79 Å². The Morgan fingerprint density at radius 2 is 2.39 bits per heavy atom. The first kappa shape index (κ1) is 14.8. The summed E-state index contributed by atoms with van der Waals surface area (Å²) in [7, 11) is 3.19. The molecule has 18 heavy (non-hydrogen) atoms. The van der Waals surface area contributed by atoms with E-state index in [4.69, 9.17) is 20.3 Å². The molecule has 0 radical (unpaired) electrons. The van der Waals surface area contributed by atoms with Crippen LogP contribution in [0.4, 0.5) is 5.13 Å². The Balaban J connectivity index is 2.51. The number of carboxylic acids is 1. The van der Waals surface area contributed by atoms with Gasteiger partial charge in [-0.1, -0.05) is 0 Å². The lowest BCUT2D eigenvalue weighted by Crippen LogP contribution is -2.26. The number of thiazole rings is 1. The van der Waals surface area contributed by atoms with Crippen LogP contribution in [-0.4, -0.2) is 49.5 Å². The molecule has 0 bridgehead atoms. The first-order valence-corrected chi connectivity index (χ1v) is 6.15. The summed E-state index contributed by atoms with van der Waals surface area (Å²) in [4.78, 5) is 14.8. The van der Waals surface area contributed by atoms with E-state index in [1.165, 1.54) is 11.3 Å². The van der Waals surface area contributed by atoms with Gasteiger partial charge in [0.05, 0.1) is 18.4 Å². The molecule has 1 aromatic heterocycles. The van der Waals surface area contributed by atoms with E-state index >= 15 is 0 Å². The van der Waals surface area contributed by atoms with Gasteiger partial charge >= 0.3 is 5.97 Å². The Kier molecular flexibility index (Phi) is 5.99. The maximum atomic E-state index is 10.7. The van der Waals surface area contributed by atoms with Crippen molar-refractivity contribution in [2.75, 3.05) is 32.7 Å². The van der Waals surface area contributed by atoms with Gasteiger partial charge < -0.3 is 25.6 Å². The van der Waals surface area contributed by atoms with Crippen LogP contribution < -0.4 is 11.1 Å². The lowest BCUT2D eigenvalue weighted by molar-refractivity contribution is -0.138. The van der Waals surface area contributed by atoms with Gasteiger partial charge in [0.25, 0.3) is 0 Å². The first-order valence-electron chi connectivity index (χ1n) is 5.28. The molecular formula is C10H17N3O4S. The van der Waals surface area contributed by atoms with Gasteiger partial charge in [0.2, 0.25) is 0 Å². The van der Waals surface area contributed by atoms with Crippen LogP contribution in [0.15, 0.2) is 5.38 Å². The Bertz CT molecular complexity index is 385. The predicted molar refractivity (Wildman–Crippen MR) is 67.8 cm³/mol. The van der Waals surface area contributed by atoms with Crippen molar-refractivity contribution in [2.24, 2.45) is 5.73 Å². The highest BCUT2D eigenvalue weighted by atomic mass is 32.1. The van der Waals surface area contributed by atoms with Gasteiger partial charge in [-0.15, -0.1) is 11.3 Å². The summed E-state index contributed by atoms with van der Waals surface area (Å²) in [6.45, 7) is 0.996. The Morgan fingerprint density at radius 3 is 2.94 bits per heavy atom. The lowest BCUT2D eigenvalue weighted by Gasteiger charge is -2.14. The van der Waals surface area contributed by atoms with Crippen molar-refractivity contribution in [2.45, 2.75) is 12.1 Å². The van der Waals surface area contributed by atoms with Crippen molar-refractivity contribution in [3.05, 3.63) is 11.1 Å². The van der Waals surface area contributed by atoms with Gasteiger partial charge in [-0.25, -0.2) is 4.98 Å². The Hall–Kier alpha value is -1.22. The van der Waals surface area contributed by atoms with Gasteiger partial charge in [-0.2, -0.15) is 0 Å². The van der Waals surface area contributed by atoms with Crippen LogP contribution in [0.3, 0.4) is 0 Å². The Morgan fingerprint density at radius 1 is 1.67 bits per heavy atom. The molecule has 8 heteroatoms. The summed E-state index contributed by atoms with van der Waals surface area (Å²) in [5.41, 5.74) is 5.80. The summed E-state index contributed by atoms with van der Waals surface area (Å²) < 4.78 is 10.2. The van der Waals surface area contributed by atoms with Crippen molar-refractivity contribution >= 4 is 22.4 Å². The zero-order chi connectivity index (χ0) is 13.5. The minimum absolute atomic E-state index is 0.0875. The highest BCUT2D eigenvalue weighted by Gasteiger charge is 2.17. The number of ether oxygens (including phenoxy) is 2. The van der Waals surface area contributed by atoms with Crippen LogP contribution >= 0.6 is 11.3 Å². The maximum Gasteiger partial charge on any atom is 0.326 e. The van der Waals surface area contributed by atoms with Crippen molar-refractivity contribution in [3.63, 3.8) is 0 Å². The molecule has 7 nitrogen and oxygen atoms in total. The van der Waals surface area contributed by atoms with Crippen molar-refractivity contribution in [1.29, 1.82) is 0 Å². The summed E-state index contributed by atoms with van der Waals surface area (Å²) in [5, 5.41) is 14.0. The smallest absolute Gasteiger partial charge is 0.326 e. The fraction of sp³-hybridized carbons (Fsp3) is 0.600. The molecule has 2 atom stereocenters. The quantitative estimate of drug-likeness (QED) is 0.626. The molecule has 0 saturated carbocycles. The van der Waals surface area contributed by atoms with Crippen LogP contribution in [-0.2, 0) is 14.3 Å². The van der Waals surface area contributed by atoms with Crippen molar-refractivity contribution in [3.8, 4) is 0 Å². The molecule has 0 aliphatic carbocycles. The molecule has 1 heterocycles.